The lowest BCUT2D eigenvalue weighted by molar-refractivity contribution is -0.132. The lowest BCUT2D eigenvalue weighted by Gasteiger charge is -2.00. The third-order valence-corrected chi connectivity index (χ3v) is 2.56. The lowest BCUT2D eigenvalue weighted by atomic mass is 10.1. The molecule has 0 bridgehead atoms. The van der Waals surface area contributed by atoms with Crippen molar-refractivity contribution in [2.24, 2.45) is 5.92 Å². The molecule has 14 heavy (non-hydrogen) atoms. The van der Waals surface area contributed by atoms with Crippen molar-refractivity contribution in [2.45, 2.75) is 12.3 Å². The van der Waals surface area contributed by atoms with Gasteiger partial charge in [0.15, 0.2) is 0 Å². The largest absolute Gasteiger partial charge is 0.277 e. The molecule has 0 radical (unpaired) electrons. The van der Waals surface area contributed by atoms with Crippen LogP contribution in [0.1, 0.15) is 17.9 Å². The molecule has 74 valence electrons. The third kappa shape index (κ3) is 1.77. The molecular formula is C11H13NO2. The van der Waals surface area contributed by atoms with Crippen LogP contribution in [0.15, 0.2) is 30.3 Å². The quantitative estimate of drug-likeness (QED) is 0.735. The van der Waals surface area contributed by atoms with E-state index in [1.165, 1.54) is 12.7 Å². The van der Waals surface area contributed by atoms with E-state index in [1.807, 2.05) is 18.2 Å². The fourth-order valence-corrected chi connectivity index (χ4v) is 1.73. The van der Waals surface area contributed by atoms with Gasteiger partial charge in [-0.2, -0.15) is 0 Å². The number of hydroxylamine groups is 1. The van der Waals surface area contributed by atoms with Crippen LogP contribution in [0.5, 0.6) is 0 Å². The van der Waals surface area contributed by atoms with Gasteiger partial charge in [-0.25, -0.2) is 5.48 Å². The highest BCUT2D eigenvalue weighted by molar-refractivity contribution is 5.81. The molecule has 1 amide bonds. The topological polar surface area (TPSA) is 38.3 Å². The van der Waals surface area contributed by atoms with Crippen LogP contribution in [0.25, 0.3) is 0 Å². The smallest absolute Gasteiger partial charge is 0.247 e. The maximum absolute atomic E-state index is 11.4. The van der Waals surface area contributed by atoms with Gasteiger partial charge < -0.3 is 0 Å². The van der Waals surface area contributed by atoms with E-state index in [4.69, 9.17) is 0 Å². The minimum Gasteiger partial charge on any atom is -0.277 e. The first-order chi connectivity index (χ1) is 6.83. The first kappa shape index (κ1) is 9.21. The second-order valence-electron chi connectivity index (χ2n) is 3.53. The summed E-state index contributed by atoms with van der Waals surface area (Å²) in [6.45, 7) is 0. The van der Waals surface area contributed by atoms with Crippen molar-refractivity contribution in [3.8, 4) is 0 Å². The number of benzene rings is 1. The van der Waals surface area contributed by atoms with Crippen molar-refractivity contribution >= 4 is 5.91 Å². The average Bonchev–Trinajstić information content (AvgIpc) is 2.99. The third-order valence-electron chi connectivity index (χ3n) is 2.56. The molecule has 1 aromatic rings. The number of amides is 1. The standard InChI is InChI=1S/C11H13NO2/c1-14-12-11(13)10-7-9(10)8-5-3-2-4-6-8/h2-6,9-10H,7H2,1H3,(H,12,13). The first-order valence-electron chi connectivity index (χ1n) is 4.70. The van der Waals surface area contributed by atoms with Gasteiger partial charge in [0, 0.05) is 5.92 Å². The van der Waals surface area contributed by atoms with E-state index in [0.717, 1.165) is 6.42 Å². The van der Waals surface area contributed by atoms with Crippen molar-refractivity contribution in [3.05, 3.63) is 35.9 Å². The molecule has 0 saturated heterocycles. The maximum Gasteiger partial charge on any atom is 0.247 e. The van der Waals surface area contributed by atoms with Crippen molar-refractivity contribution in [2.75, 3.05) is 7.11 Å². The summed E-state index contributed by atoms with van der Waals surface area (Å²) in [6, 6.07) is 10.1. The van der Waals surface area contributed by atoms with Crippen molar-refractivity contribution < 1.29 is 9.63 Å². The fraction of sp³-hybridized carbons (Fsp3) is 0.364. The van der Waals surface area contributed by atoms with Crippen LogP contribution in [0.2, 0.25) is 0 Å². The van der Waals surface area contributed by atoms with E-state index < -0.39 is 0 Å². The minimum absolute atomic E-state index is 0.0126. The Morgan fingerprint density at radius 3 is 2.79 bits per heavy atom. The molecule has 3 nitrogen and oxygen atoms in total. The summed E-state index contributed by atoms with van der Waals surface area (Å²) in [4.78, 5) is 15.9. The number of carbonyl (C=O) groups excluding carboxylic acids is 1. The fourth-order valence-electron chi connectivity index (χ4n) is 1.73. The van der Waals surface area contributed by atoms with Gasteiger partial charge in [-0.1, -0.05) is 30.3 Å². The Morgan fingerprint density at radius 1 is 1.43 bits per heavy atom. The Morgan fingerprint density at radius 2 is 2.14 bits per heavy atom. The summed E-state index contributed by atoms with van der Waals surface area (Å²) in [5.74, 6) is 0.463. The minimum atomic E-state index is -0.0126. The van der Waals surface area contributed by atoms with Gasteiger partial charge in [0.25, 0.3) is 0 Å². The summed E-state index contributed by atoms with van der Waals surface area (Å²) in [7, 11) is 1.46. The van der Waals surface area contributed by atoms with E-state index in [1.54, 1.807) is 0 Å². The van der Waals surface area contributed by atoms with Gasteiger partial charge in [-0.15, -0.1) is 0 Å². The zero-order chi connectivity index (χ0) is 9.97. The molecule has 0 spiro atoms. The van der Waals surface area contributed by atoms with E-state index in [9.17, 15) is 4.79 Å². The Balaban J connectivity index is 1.96. The predicted molar refractivity (Wildman–Crippen MR) is 52.4 cm³/mol. The number of hydrogen-bond acceptors (Lipinski definition) is 2. The SMILES string of the molecule is CONC(=O)C1CC1c1ccccc1. The molecule has 0 heterocycles. The van der Waals surface area contributed by atoms with Crippen LogP contribution in [-0.4, -0.2) is 13.0 Å². The summed E-state index contributed by atoms with van der Waals surface area (Å²) in [5.41, 5.74) is 3.61. The van der Waals surface area contributed by atoms with Gasteiger partial charge in [-0.05, 0) is 17.9 Å². The van der Waals surface area contributed by atoms with Crippen LogP contribution in [0.4, 0.5) is 0 Å². The van der Waals surface area contributed by atoms with Crippen molar-refractivity contribution in [1.82, 2.24) is 5.48 Å². The summed E-state index contributed by atoms with van der Waals surface area (Å²) in [5, 5.41) is 0. The Labute approximate surface area is 83.0 Å². The Hall–Kier alpha value is -1.35. The number of nitrogens with one attached hydrogen (secondary N) is 1. The highest BCUT2D eigenvalue weighted by atomic mass is 16.6. The normalized spacial score (nSPS) is 24.4. The van der Waals surface area contributed by atoms with Crippen molar-refractivity contribution in [3.63, 3.8) is 0 Å². The van der Waals surface area contributed by atoms with Gasteiger partial charge >= 0.3 is 0 Å². The van der Waals surface area contributed by atoms with E-state index in [0.29, 0.717) is 5.92 Å². The molecule has 2 rings (SSSR count). The highest BCUT2D eigenvalue weighted by Gasteiger charge is 2.43. The number of hydrogen-bond donors (Lipinski definition) is 1. The van der Waals surface area contributed by atoms with E-state index in [2.05, 4.69) is 22.5 Å². The highest BCUT2D eigenvalue weighted by Crippen LogP contribution is 2.47. The molecular weight excluding hydrogens is 178 g/mol. The molecule has 3 heteroatoms. The summed E-state index contributed by atoms with van der Waals surface area (Å²) in [6.07, 6.45) is 0.930. The molecule has 0 aliphatic heterocycles. The molecule has 2 unspecified atom stereocenters. The van der Waals surface area contributed by atoms with E-state index in [-0.39, 0.29) is 11.8 Å². The second kappa shape index (κ2) is 3.80. The molecule has 1 aliphatic rings. The summed E-state index contributed by atoms with van der Waals surface area (Å²) >= 11 is 0. The molecule has 1 aliphatic carbocycles. The average molecular weight is 191 g/mol. The van der Waals surface area contributed by atoms with Gasteiger partial charge in [0.05, 0.1) is 7.11 Å². The Bertz CT molecular complexity index is 323. The lowest BCUT2D eigenvalue weighted by Crippen LogP contribution is -2.23. The van der Waals surface area contributed by atoms with Gasteiger partial charge in [-0.3, -0.25) is 9.63 Å². The number of rotatable bonds is 3. The van der Waals surface area contributed by atoms with Gasteiger partial charge in [0.1, 0.15) is 0 Å². The molecule has 1 saturated carbocycles. The molecule has 1 aromatic carbocycles. The summed E-state index contributed by atoms with van der Waals surface area (Å²) < 4.78 is 0. The molecule has 1 fully saturated rings. The second-order valence-corrected chi connectivity index (χ2v) is 3.53. The molecule has 1 N–H and O–H groups in total. The van der Waals surface area contributed by atoms with Crippen LogP contribution in [0, 0.1) is 5.92 Å². The first-order valence-corrected chi connectivity index (χ1v) is 4.70. The monoisotopic (exact) mass is 191 g/mol. The van der Waals surface area contributed by atoms with Crippen LogP contribution < -0.4 is 5.48 Å². The van der Waals surface area contributed by atoms with Gasteiger partial charge in [0.2, 0.25) is 5.91 Å². The number of carbonyl (C=O) groups is 1. The van der Waals surface area contributed by atoms with Crippen molar-refractivity contribution in [1.29, 1.82) is 0 Å². The predicted octanol–water partition coefficient (Wildman–Crippen LogP) is 1.47. The van der Waals surface area contributed by atoms with E-state index >= 15 is 0 Å². The zero-order valence-electron chi connectivity index (χ0n) is 8.07. The Kier molecular flexibility index (Phi) is 2.50. The van der Waals surface area contributed by atoms with Crippen LogP contribution in [-0.2, 0) is 9.63 Å². The molecule has 0 aromatic heterocycles. The van der Waals surface area contributed by atoms with Crippen LogP contribution >= 0.6 is 0 Å². The zero-order valence-corrected chi connectivity index (χ0v) is 8.07. The van der Waals surface area contributed by atoms with Crippen LogP contribution in [0.3, 0.4) is 0 Å². The maximum atomic E-state index is 11.4. The molecule has 2 atom stereocenters.